The summed E-state index contributed by atoms with van der Waals surface area (Å²) in [6.45, 7) is 5.00. The normalized spacial score (nSPS) is 15.9. The molecule has 0 aliphatic carbocycles. The van der Waals surface area contributed by atoms with Crippen LogP contribution in [0, 0.1) is 11.3 Å². The summed E-state index contributed by atoms with van der Waals surface area (Å²) in [7, 11) is -3.44. The zero-order valence-electron chi connectivity index (χ0n) is 16.3. The molecule has 0 unspecified atom stereocenters. The Kier molecular flexibility index (Phi) is 6.85. The summed E-state index contributed by atoms with van der Waals surface area (Å²) in [5, 5.41) is 16.0. The second kappa shape index (κ2) is 9.54. The minimum atomic E-state index is -3.44. The van der Waals surface area contributed by atoms with Gasteiger partial charge in [0.05, 0.1) is 23.9 Å². The summed E-state index contributed by atoms with van der Waals surface area (Å²) >= 11 is 0. The molecule has 1 N–H and O–H groups in total. The second-order valence-corrected chi connectivity index (χ2v) is 8.58. The lowest BCUT2D eigenvalue weighted by Gasteiger charge is -2.35. The molecule has 1 aromatic carbocycles. The van der Waals surface area contributed by atoms with E-state index in [1.54, 1.807) is 12.1 Å². The van der Waals surface area contributed by atoms with Gasteiger partial charge in [0.2, 0.25) is 10.0 Å². The molecule has 0 spiro atoms. The van der Waals surface area contributed by atoms with Gasteiger partial charge in [0.1, 0.15) is 12.0 Å². The third-order valence-electron chi connectivity index (χ3n) is 4.56. The third kappa shape index (κ3) is 5.56. The molecule has 9 nitrogen and oxygen atoms in total. The smallest absolute Gasteiger partial charge is 0.220 e. The third-order valence-corrected chi connectivity index (χ3v) is 6.37. The molecular formula is C19H24N6O3S. The highest BCUT2D eigenvalue weighted by molar-refractivity contribution is 7.88. The fourth-order valence-corrected chi connectivity index (χ4v) is 4.52. The minimum Gasteiger partial charge on any atom is -0.364 e. The van der Waals surface area contributed by atoms with E-state index in [1.807, 2.05) is 25.1 Å². The Hall–Kier alpha value is -2.90. The van der Waals surface area contributed by atoms with Crippen LogP contribution in [0.1, 0.15) is 23.7 Å². The Bertz CT molecular complexity index is 974. The molecule has 0 radical (unpaired) electrons. The van der Waals surface area contributed by atoms with E-state index in [-0.39, 0.29) is 5.75 Å². The number of aromatic nitrogens is 1. The Morgan fingerprint density at radius 3 is 2.76 bits per heavy atom. The fourth-order valence-electron chi connectivity index (χ4n) is 3.10. The SMILES string of the molecule is CCNC(=NCc1cccc(C#N)c1)N1CCN(S(=O)(=O)Cc2ccon2)CC1. The average Bonchev–Trinajstić information content (AvgIpc) is 3.23. The van der Waals surface area contributed by atoms with Crippen LogP contribution < -0.4 is 5.32 Å². The number of nitrogens with one attached hydrogen (secondary N) is 1. The molecule has 1 aliphatic heterocycles. The minimum absolute atomic E-state index is 0.160. The van der Waals surface area contributed by atoms with Gasteiger partial charge in [-0.3, -0.25) is 0 Å². The molecule has 3 rings (SSSR count). The lowest BCUT2D eigenvalue weighted by Crippen LogP contribution is -2.53. The molecule has 0 atom stereocenters. The maximum absolute atomic E-state index is 12.6. The first-order chi connectivity index (χ1) is 14.0. The maximum Gasteiger partial charge on any atom is 0.220 e. The van der Waals surface area contributed by atoms with Gasteiger partial charge in [-0.15, -0.1) is 0 Å². The molecule has 2 aromatic rings. The maximum atomic E-state index is 12.6. The molecule has 2 heterocycles. The number of nitrogens with zero attached hydrogens (tertiary/aromatic N) is 5. The van der Waals surface area contributed by atoms with Gasteiger partial charge in [0.15, 0.2) is 5.96 Å². The molecule has 1 fully saturated rings. The van der Waals surface area contributed by atoms with Gasteiger partial charge in [-0.25, -0.2) is 13.4 Å². The molecule has 1 aromatic heterocycles. The average molecular weight is 417 g/mol. The highest BCUT2D eigenvalue weighted by atomic mass is 32.2. The van der Waals surface area contributed by atoms with Crippen molar-refractivity contribution in [3.8, 4) is 6.07 Å². The van der Waals surface area contributed by atoms with Crippen molar-refractivity contribution in [3.63, 3.8) is 0 Å². The largest absolute Gasteiger partial charge is 0.364 e. The predicted molar refractivity (Wildman–Crippen MR) is 108 cm³/mol. The Morgan fingerprint density at radius 1 is 1.31 bits per heavy atom. The van der Waals surface area contributed by atoms with Crippen molar-refractivity contribution in [2.24, 2.45) is 4.99 Å². The first-order valence-electron chi connectivity index (χ1n) is 9.41. The van der Waals surface area contributed by atoms with Crippen molar-refractivity contribution in [2.45, 2.75) is 19.2 Å². The van der Waals surface area contributed by atoms with Crippen molar-refractivity contribution in [1.82, 2.24) is 19.7 Å². The topological polar surface area (TPSA) is 115 Å². The molecule has 29 heavy (non-hydrogen) atoms. The zero-order valence-corrected chi connectivity index (χ0v) is 17.1. The number of rotatable bonds is 6. The van der Waals surface area contributed by atoms with E-state index in [0.717, 1.165) is 11.5 Å². The summed E-state index contributed by atoms with van der Waals surface area (Å²) in [6, 6.07) is 11.0. The second-order valence-electron chi connectivity index (χ2n) is 6.62. The van der Waals surface area contributed by atoms with Gasteiger partial charge < -0.3 is 14.7 Å². The number of hydrogen-bond acceptors (Lipinski definition) is 6. The van der Waals surface area contributed by atoms with Gasteiger partial charge in [0.25, 0.3) is 0 Å². The predicted octanol–water partition coefficient (Wildman–Crippen LogP) is 1.16. The van der Waals surface area contributed by atoms with Crippen LogP contribution in [0.4, 0.5) is 0 Å². The number of aliphatic imine (C=N–C) groups is 1. The number of piperazine rings is 1. The lowest BCUT2D eigenvalue weighted by atomic mass is 10.1. The monoisotopic (exact) mass is 416 g/mol. The molecule has 154 valence electrons. The fraction of sp³-hybridized carbons (Fsp3) is 0.421. The summed E-state index contributed by atoms with van der Waals surface area (Å²) in [4.78, 5) is 6.72. The van der Waals surface area contributed by atoms with Crippen molar-refractivity contribution in [1.29, 1.82) is 5.26 Å². The number of guanidine groups is 1. The van der Waals surface area contributed by atoms with E-state index in [4.69, 9.17) is 9.78 Å². The van der Waals surface area contributed by atoms with E-state index in [1.165, 1.54) is 10.6 Å². The van der Waals surface area contributed by atoms with Crippen molar-refractivity contribution < 1.29 is 12.9 Å². The molecule has 0 bridgehead atoms. The first-order valence-corrected chi connectivity index (χ1v) is 11.0. The molecule has 1 aliphatic rings. The van der Waals surface area contributed by atoms with E-state index < -0.39 is 10.0 Å². The van der Waals surface area contributed by atoms with Gasteiger partial charge in [-0.2, -0.15) is 9.57 Å². The van der Waals surface area contributed by atoms with Crippen LogP contribution in [-0.4, -0.2) is 61.5 Å². The Balaban J connectivity index is 1.62. The molecule has 0 saturated carbocycles. The summed E-state index contributed by atoms with van der Waals surface area (Å²) in [6.07, 6.45) is 1.37. The van der Waals surface area contributed by atoms with Crippen LogP contribution in [0.5, 0.6) is 0 Å². The molecule has 10 heteroatoms. The highest BCUT2D eigenvalue weighted by Gasteiger charge is 2.28. The highest BCUT2D eigenvalue weighted by Crippen LogP contribution is 2.13. The van der Waals surface area contributed by atoms with Crippen molar-refractivity contribution in [2.75, 3.05) is 32.7 Å². The first kappa shape index (κ1) is 20.8. The van der Waals surface area contributed by atoms with Crippen molar-refractivity contribution >= 4 is 16.0 Å². The van der Waals surface area contributed by atoms with Crippen LogP contribution in [0.2, 0.25) is 0 Å². The van der Waals surface area contributed by atoms with E-state index >= 15 is 0 Å². The quantitative estimate of drug-likeness (QED) is 0.555. The molecular weight excluding hydrogens is 392 g/mol. The lowest BCUT2D eigenvalue weighted by molar-refractivity contribution is 0.259. The van der Waals surface area contributed by atoms with Gasteiger partial charge in [0, 0.05) is 38.8 Å². The van der Waals surface area contributed by atoms with Crippen molar-refractivity contribution in [3.05, 3.63) is 53.4 Å². The number of sulfonamides is 1. The number of nitriles is 1. The molecule has 0 amide bonds. The number of hydrogen-bond donors (Lipinski definition) is 1. The van der Waals surface area contributed by atoms with Crippen LogP contribution in [0.3, 0.4) is 0 Å². The number of benzene rings is 1. The van der Waals surface area contributed by atoms with Gasteiger partial charge >= 0.3 is 0 Å². The van der Waals surface area contributed by atoms with E-state index in [2.05, 4.69) is 26.4 Å². The van der Waals surface area contributed by atoms with Crippen LogP contribution in [0.15, 0.2) is 46.1 Å². The standard InChI is InChI=1S/C19H24N6O3S/c1-2-21-19(22-14-17-5-3-4-16(12-17)13-20)24-7-9-25(10-8-24)29(26,27)15-18-6-11-28-23-18/h3-6,11-12H,2,7-10,14-15H2,1H3,(H,21,22). The molecule has 1 saturated heterocycles. The Morgan fingerprint density at radius 2 is 2.10 bits per heavy atom. The van der Waals surface area contributed by atoms with E-state index in [0.29, 0.717) is 50.5 Å². The summed E-state index contributed by atoms with van der Waals surface area (Å²) in [5.74, 6) is 0.579. The van der Waals surface area contributed by atoms with Gasteiger partial charge in [-0.1, -0.05) is 17.3 Å². The van der Waals surface area contributed by atoms with Crippen LogP contribution >= 0.6 is 0 Å². The van der Waals surface area contributed by atoms with E-state index in [9.17, 15) is 8.42 Å². The van der Waals surface area contributed by atoms with Crippen LogP contribution in [-0.2, 0) is 22.3 Å². The van der Waals surface area contributed by atoms with Gasteiger partial charge in [-0.05, 0) is 24.6 Å². The van der Waals surface area contributed by atoms with Crippen LogP contribution in [0.25, 0.3) is 0 Å². The summed E-state index contributed by atoms with van der Waals surface area (Å²) < 4.78 is 31.4. The summed E-state index contributed by atoms with van der Waals surface area (Å²) in [5.41, 5.74) is 1.96. The Labute approximate surface area is 170 Å². The zero-order chi connectivity index (χ0) is 20.7.